The van der Waals surface area contributed by atoms with Crippen LogP contribution in [0.1, 0.15) is 33.1 Å². The molecule has 1 aliphatic heterocycles. The molecule has 3 unspecified atom stereocenters. The fourth-order valence-electron chi connectivity index (χ4n) is 2.14. The van der Waals surface area contributed by atoms with Crippen molar-refractivity contribution in [2.45, 2.75) is 45.3 Å². The Bertz CT molecular complexity index is 184. The molecule has 0 aliphatic carbocycles. The Kier molecular flexibility index (Phi) is 3.74. The molecule has 0 saturated carbocycles. The maximum atomic E-state index is 11.1. The zero-order chi connectivity index (χ0) is 9.90. The van der Waals surface area contributed by atoms with E-state index in [0.29, 0.717) is 5.88 Å². The minimum absolute atomic E-state index is 0.0446. The standard InChI is InChI=1S/C10H17ClO2/c1-8-6-10(7-12,4-3-5-11)9(2)13-8/h7-9H,3-6H2,1-2H3. The second-order valence-corrected chi connectivity index (χ2v) is 4.31. The van der Waals surface area contributed by atoms with E-state index in [1.54, 1.807) is 0 Å². The topological polar surface area (TPSA) is 26.3 Å². The first kappa shape index (κ1) is 11.0. The Morgan fingerprint density at radius 3 is 2.69 bits per heavy atom. The lowest BCUT2D eigenvalue weighted by Gasteiger charge is -2.24. The van der Waals surface area contributed by atoms with Gasteiger partial charge in [-0.05, 0) is 33.1 Å². The fraction of sp³-hybridized carbons (Fsp3) is 0.900. The molecule has 0 radical (unpaired) electrons. The summed E-state index contributed by atoms with van der Waals surface area (Å²) in [6.07, 6.45) is 3.90. The number of rotatable bonds is 4. The first-order valence-corrected chi connectivity index (χ1v) is 5.36. The highest BCUT2D eigenvalue weighted by Crippen LogP contribution is 2.40. The molecule has 3 heteroatoms. The molecule has 1 aliphatic rings. The van der Waals surface area contributed by atoms with Crippen LogP contribution in [0.25, 0.3) is 0 Å². The average molecular weight is 205 g/mol. The van der Waals surface area contributed by atoms with Crippen LogP contribution in [0, 0.1) is 5.41 Å². The summed E-state index contributed by atoms with van der Waals surface area (Å²) in [6.45, 7) is 3.99. The van der Waals surface area contributed by atoms with Crippen molar-refractivity contribution in [1.82, 2.24) is 0 Å². The number of ether oxygens (including phenoxy) is 1. The number of carbonyl (C=O) groups is 1. The van der Waals surface area contributed by atoms with Crippen molar-refractivity contribution in [3.05, 3.63) is 0 Å². The molecule has 0 N–H and O–H groups in total. The fourth-order valence-corrected chi connectivity index (χ4v) is 2.27. The highest BCUT2D eigenvalue weighted by atomic mass is 35.5. The van der Waals surface area contributed by atoms with E-state index in [1.165, 1.54) is 0 Å². The SMILES string of the molecule is CC1CC(C=O)(CCCCl)C(C)O1. The molecule has 0 spiro atoms. The molecule has 1 fully saturated rings. The third kappa shape index (κ3) is 2.23. The van der Waals surface area contributed by atoms with E-state index < -0.39 is 0 Å². The summed E-state index contributed by atoms with van der Waals surface area (Å²) >= 11 is 5.63. The largest absolute Gasteiger partial charge is 0.374 e. The molecule has 76 valence electrons. The van der Waals surface area contributed by atoms with Crippen molar-refractivity contribution in [2.75, 3.05) is 5.88 Å². The van der Waals surface area contributed by atoms with E-state index in [4.69, 9.17) is 16.3 Å². The number of hydrogen-bond acceptors (Lipinski definition) is 2. The first-order valence-electron chi connectivity index (χ1n) is 4.82. The Labute approximate surface area is 84.6 Å². The molecule has 1 rings (SSSR count). The Morgan fingerprint density at radius 2 is 2.31 bits per heavy atom. The van der Waals surface area contributed by atoms with Crippen molar-refractivity contribution in [2.24, 2.45) is 5.41 Å². The molecule has 0 aromatic carbocycles. The van der Waals surface area contributed by atoms with E-state index in [1.807, 2.05) is 13.8 Å². The van der Waals surface area contributed by atoms with Gasteiger partial charge in [-0.15, -0.1) is 11.6 Å². The lowest BCUT2D eigenvalue weighted by molar-refractivity contribution is -0.119. The molecule has 1 heterocycles. The van der Waals surface area contributed by atoms with Gasteiger partial charge in [-0.3, -0.25) is 0 Å². The Balaban J connectivity index is 2.63. The lowest BCUT2D eigenvalue weighted by Crippen LogP contribution is -2.30. The summed E-state index contributed by atoms with van der Waals surface area (Å²) in [5.74, 6) is 0.622. The van der Waals surface area contributed by atoms with Crippen LogP contribution in [0.15, 0.2) is 0 Å². The quantitative estimate of drug-likeness (QED) is 0.519. The van der Waals surface area contributed by atoms with Crippen LogP contribution in [0.5, 0.6) is 0 Å². The molecule has 0 bridgehead atoms. The zero-order valence-corrected chi connectivity index (χ0v) is 9.01. The van der Waals surface area contributed by atoms with Gasteiger partial charge < -0.3 is 9.53 Å². The first-order chi connectivity index (χ1) is 6.14. The lowest BCUT2D eigenvalue weighted by atomic mass is 9.78. The number of alkyl halides is 1. The highest BCUT2D eigenvalue weighted by Gasteiger charge is 2.43. The van der Waals surface area contributed by atoms with Crippen molar-refractivity contribution in [3.8, 4) is 0 Å². The van der Waals surface area contributed by atoms with Gasteiger partial charge in [0.2, 0.25) is 0 Å². The van der Waals surface area contributed by atoms with Crippen LogP contribution >= 0.6 is 11.6 Å². The number of aldehydes is 1. The second kappa shape index (κ2) is 4.43. The summed E-state index contributed by atoms with van der Waals surface area (Å²) in [5.41, 5.74) is -0.270. The third-order valence-corrected chi connectivity index (χ3v) is 3.19. The van der Waals surface area contributed by atoms with E-state index in [0.717, 1.165) is 25.5 Å². The van der Waals surface area contributed by atoms with Crippen molar-refractivity contribution in [3.63, 3.8) is 0 Å². The van der Waals surface area contributed by atoms with Crippen molar-refractivity contribution >= 4 is 17.9 Å². The van der Waals surface area contributed by atoms with Crippen molar-refractivity contribution < 1.29 is 9.53 Å². The van der Waals surface area contributed by atoms with Gasteiger partial charge in [-0.2, -0.15) is 0 Å². The van der Waals surface area contributed by atoms with Gasteiger partial charge in [0, 0.05) is 5.88 Å². The molecule has 13 heavy (non-hydrogen) atoms. The van der Waals surface area contributed by atoms with E-state index in [9.17, 15) is 4.79 Å². The minimum Gasteiger partial charge on any atom is -0.374 e. The maximum absolute atomic E-state index is 11.1. The predicted molar refractivity (Wildman–Crippen MR) is 53.1 cm³/mol. The summed E-state index contributed by atoms with van der Waals surface area (Å²) in [7, 11) is 0. The Hall–Kier alpha value is -0.0800. The predicted octanol–water partition coefficient (Wildman–Crippen LogP) is 2.39. The van der Waals surface area contributed by atoms with E-state index >= 15 is 0 Å². The maximum Gasteiger partial charge on any atom is 0.128 e. The highest BCUT2D eigenvalue weighted by molar-refractivity contribution is 6.17. The number of halogens is 1. The molecular formula is C10H17ClO2. The molecule has 1 saturated heterocycles. The molecular weight excluding hydrogens is 188 g/mol. The molecule has 2 nitrogen and oxygen atoms in total. The third-order valence-electron chi connectivity index (χ3n) is 2.92. The van der Waals surface area contributed by atoms with Gasteiger partial charge >= 0.3 is 0 Å². The smallest absolute Gasteiger partial charge is 0.128 e. The summed E-state index contributed by atoms with van der Waals surface area (Å²) in [6, 6.07) is 0. The monoisotopic (exact) mass is 204 g/mol. The van der Waals surface area contributed by atoms with Crippen molar-refractivity contribution in [1.29, 1.82) is 0 Å². The normalized spacial score (nSPS) is 39.3. The van der Waals surface area contributed by atoms with Gasteiger partial charge in [0.25, 0.3) is 0 Å². The zero-order valence-electron chi connectivity index (χ0n) is 8.25. The average Bonchev–Trinajstić information content (AvgIpc) is 2.38. The van der Waals surface area contributed by atoms with Gasteiger partial charge in [-0.25, -0.2) is 0 Å². The summed E-state index contributed by atoms with van der Waals surface area (Å²) in [4.78, 5) is 11.1. The van der Waals surface area contributed by atoms with Crippen LogP contribution in [-0.2, 0) is 9.53 Å². The van der Waals surface area contributed by atoms with E-state index in [-0.39, 0.29) is 17.6 Å². The van der Waals surface area contributed by atoms with Crippen LogP contribution in [-0.4, -0.2) is 24.4 Å². The van der Waals surface area contributed by atoms with E-state index in [2.05, 4.69) is 0 Å². The van der Waals surface area contributed by atoms with Gasteiger partial charge in [0.15, 0.2) is 0 Å². The van der Waals surface area contributed by atoms with Gasteiger partial charge in [0.05, 0.1) is 17.6 Å². The second-order valence-electron chi connectivity index (χ2n) is 3.94. The van der Waals surface area contributed by atoms with Crippen LogP contribution in [0.2, 0.25) is 0 Å². The molecule has 0 amide bonds. The van der Waals surface area contributed by atoms with Gasteiger partial charge in [0.1, 0.15) is 6.29 Å². The van der Waals surface area contributed by atoms with Crippen LogP contribution in [0.4, 0.5) is 0 Å². The number of carbonyl (C=O) groups excluding carboxylic acids is 1. The van der Waals surface area contributed by atoms with Crippen LogP contribution < -0.4 is 0 Å². The van der Waals surface area contributed by atoms with Crippen LogP contribution in [0.3, 0.4) is 0 Å². The number of hydrogen-bond donors (Lipinski definition) is 0. The summed E-state index contributed by atoms with van der Waals surface area (Å²) < 4.78 is 5.59. The molecule has 0 aromatic rings. The summed E-state index contributed by atoms with van der Waals surface area (Å²) in [5, 5.41) is 0. The minimum atomic E-state index is -0.270. The molecule has 0 aromatic heterocycles. The Morgan fingerprint density at radius 1 is 1.62 bits per heavy atom. The molecule has 3 atom stereocenters. The van der Waals surface area contributed by atoms with Gasteiger partial charge in [-0.1, -0.05) is 0 Å².